The third-order valence-electron chi connectivity index (χ3n) is 3.66. The van der Waals surface area contributed by atoms with Gasteiger partial charge in [-0.15, -0.1) is 0 Å². The highest BCUT2D eigenvalue weighted by Crippen LogP contribution is 2.31. The highest BCUT2D eigenvalue weighted by molar-refractivity contribution is 6.32. The van der Waals surface area contributed by atoms with E-state index in [1.807, 2.05) is 60.7 Å². The zero-order valence-electron chi connectivity index (χ0n) is 12.7. The maximum Gasteiger partial charge on any atom is 0.139 e. The van der Waals surface area contributed by atoms with Crippen LogP contribution in [0.1, 0.15) is 11.1 Å². The molecule has 0 aliphatic carbocycles. The maximum atomic E-state index is 6.26. The number of halogens is 1. The SMILES string of the molecule is NCc1cccc(-c2ccc(Cl)c(OCc3ccccc3)c2)c1. The van der Waals surface area contributed by atoms with Crippen molar-refractivity contribution in [1.82, 2.24) is 0 Å². The van der Waals surface area contributed by atoms with E-state index in [-0.39, 0.29) is 0 Å². The highest BCUT2D eigenvalue weighted by atomic mass is 35.5. The van der Waals surface area contributed by atoms with Crippen LogP contribution in [0.15, 0.2) is 72.8 Å². The monoisotopic (exact) mass is 323 g/mol. The van der Waals surface area contributed by atoms with Crippen molar-refractivity contribution >= 4 is 11.6 Å². The van der Waals surface area contributed by atoms with Crippen molar-refractivity contribution in [3.8, 4) is 16.9 Å². The van der Waals surface area contributed by atoms with E-state index in [2.05, 4.69) is 12.1 Å². The molecule has 0 aliphatic rings. The molecule has 2 nitrogen and oxygen atoms in total. The minimum Gasteiger partial charge on any atom is -0.487 e. The zero-order chi connectivity index (χ0) is 16.1. The van der Waals surface area contributed by atoms with Gasteiger partial charge in [-0.3, -0.25) is 0 Å². The largest absolute Gasteiger partial charge is 0.487 e. The molecule has 0 saturated carbocycles. The van der Waals surface area contributed by atoms with E-state index < -0.39 is 0 Å². The molecule has 0 fully saturated rings. The minimum atomic E-state index is 0.493. The fraction of sp³-hybridized carbons (Fsp3) is 0.100. The second-order valence-electron chi connectivity index (χ2n) is 5.32. The summed E-state index contributed by atoms with van der Waals surface area (Å²) in [7, 11) is 0. The Morgan fingerprint density at radius 3 is 2.30 bits per heavy atom. The van der Waals surface area contributed by atoms with Crippen LogP contribution in [0.3, 0.4) is 0 Å². The van der Waals surface area contributed by atoms with E-state index in [0.717, 1.165) is 22.3 Å². The van der Waals surface area contributed by atoms with Gasteiger partial charge in [0.2, 0.25) is 0 Å². The summed E-state index contributed by atoms with van der Waals surface area (Å²) >= 11 is 6.26. The molecule has 3 rings (SSSR count). The summed E-state index contributed by atoms with van der Waals surface area (Å²) in [5.74, 6) is 0.686. The van der Waals surface area contributed by atoms with Crippen molar-refractivity contribution in [1.29, 1.82) is 0 Å². The van der Waals surface area contributed by atoms with E-state index in [0.29, 0.717) is 23.9 Å². The van der Waals surface area contributed by atoms with Crippen LogP contribution in [0.25, 0.3) is 11.1 Å². The predicted octanol–water partition coefficient (Wildman–Crippen LogP) is 5.04. The van der Waals surface area contributed by atoms with E-state index >= 15 is 0 Å². The van der Waals surface area contributed by atoms with Crippen molar-refractivity contribution in [3.05, 3.63) is 88.9 Å². The maximum absolute atomic E-state index is 6.26. The standard InChI is InChI=1S/C20H18ClNO/c21-19-10-9-18(17-8-4-7-16(11-17)13-22)12-20(19)23-14-15-5-2-1-3-6-15/h1-12H,13-14,22H2. The molecular formula is C20H18ClNO. The summed E-state index contributed by atoms with van der Waals surface area (Å²) in [6.45, 7) is 1.02. The molecule has 2 N–H and O–H groups in total. The Bertz CT molecular complexity index is 787. The van der Waals surface area contributed by atoms with E-state index in [1.54, 1.807) is 0 Å². The molecule has 3 heteroatoms. The summed E-state index contributed by atoms with van der Waals surface area (Å²) in [6.07, 6.45) is 0. The van der Waals surface area contributed by atoms with Crippen LogP contribution in [0.5, 0.6) is 5.75 Å². The Morgan fingerprint density at radius 1 is 0.783 bits per heavy atom. The van der Waals surface area contributed by atoms with Crippen LogP contribution in [0.2, 0.25) is 5.02 Å². The van der Waals surface area contributed by atoms with Crippen LogP contribution in [-0.4, -0.2) is 0 Å². The van der Waals surface area contributed by atoms with Crippen molar-refractivity contribution in [2.75, 3.05) is 0 Å². The van der Waals surface area contributed by atoms with Gasteiger partial charge < -0.3 is 10.5 Å². The lowest BCUT2D eigenvalue weighted by atomic mass is 10.0. The van der Waals surface area contributed by atoms with Gasteiger partial charge in [0.1, 0.15) is 12.4 Å². The van der Waals surface area contributed by atoms with Gasteiger partial charge in [0.05, 0.1) is 5.02 Å². The van der Waals surface area contributed by atoms with Crippen LogP contribution in [-0.2, 0) is 13.2 Å². The van der Waals surface area contributed by atoms with Crippen molar-refractivity contribution in [3.63, 3.8) is 0 Å². The lowest BCUT2D eigenvalue weighted by Crippen LogP contribution is -1.97. The summed E-state index contributed by atoms with van der Waals surface area (Å²) in [5.41, 5.74) is 10.1. The molecule has 0 aromatic heterocycles. The van der Waals surface area contributed by atoms with E-state index in [1.165, 1.54) is 0 Å². The first-order valence-electron chi connectivity index (χ1n) is 7.52. The quantitative estimate of drug-likeness (QED) is 0.713. The molecule has 0 amide bonds. The summed E-state index contributed by atoms with van der Waals surface area (Å²) in [6, 6.07) is 24.0. The number of nitrogens with two attached hydrogens (primary N) is 1. The Kier molecular flexibility index (Phi) is 4.96. The smallest absolute Gasteiger partial charge is 0.139 e. The topological polar surface area (TPSA) is 35.2 Å². The fourth-order valence-corrected chi connectivity index (χ4v) is 2.58. The lowest BCUT2D eigenvalue weighted by Gasteiger charge is -2.11. The predicted molar refractivity (Wildman–Crippen MR) is 95.6 cm³/mol. The first-order chi connectivity index (χ1) is 11.3. The van der Waals surface area contributed by atoms with Crippen LogP contribution < -0.4 is 10.5 Å². The average molecular weight is 324 g/mol. The Morgan fingerprint density at radius 2 is 1.52 bits per heavy atom. The van der Waals surface area contributed by atoms with Crippen LogP contribution in [0.4, 0.5) is 0 Å². The van der Waals surface area contributed by atoms with Crippen molar-refractivity contribution < 1.29 is 4.74 Å². The lowest BCUT2D eigenvalue weighted by molar-refractivity contribution is 0.306. The third kappa shape index (κ3) is 3.92. The van der Waals surface area contributed by atoms with Gasteiger partial charge >= 0.3 is 0 Å². The van der Waals surface area contributed by atoms with Gasteiger partial charge in [0, 0.05) is 6.54 Å². The number of rotatable bonds is 5. The molecular weight excluding hydrogens is 306 g/mol. The average Bonchev–Trinajstić information content (AvgIpc) is 2.62. The second kappa shape index (κ2) is 7.32. The van der Waals surface area contributed by atoms with E-state index in [4.69, 9.17) is 22.1 Å². The first kappa shape index (κ1) is 15.6. The Balaban J connectivity index is 1.84. The number of hydrogen-bond donors (Lipinski definition) is 1. The van der Waals surface area contributed by atoms with Gasteiger partial charge in [-0.2, -0.15) is 0 Å². The van der Waals surface area contributed by atoms with Gasteiger partial charge in [0.25, 0.3) is 0 Å². The summed E-state index contributed by atoms with van der Waals surface area (Å²) < 4.78 is 5.88. The third-order valence-corrected chi connectivity index (χ3v) is 3.98. The minimum absolute atomic E-state index is 0.493. The molecule has 0 spiro atoms. The molecule has 23 heavy (non-hydrogen) atoms. The van der Waals surface area contributed by atoms with Crippen molar-refractivity contribution in [2.24, 2.45) is 5.73 Å². The molecule has 116 valence electrons. The zero-order valence-corrected chi connectivity index (χ0v) is 13.5. The van der Waals surface area contributed by atoms with Crippen LogP contribution >= 0.6 is 11.6 Å². The summed E-state index contributed by atoms with van der Waals surface area (Å²) in [4.78, 5) is 0. The van der Waals surface area contributed by atoms with E-state index in [9.17, 15) is 0 Å². The molecule has 0 heterocycles. The number of ether oxygens (including phenoxy) is 1. The fourth-order valence-electron chi connectivity index (χ4n) is 2.41. The molecule has 3 aromatic carbocycles. The summed E-state index contributed by atoms with van der Waals surface area (Å²) in [5, 5.41) is 0.611. The molecule has 0 aliphatic heterocycles. The number of hydrogen-bond acceptors (Lipinski definition) is 2. The first-order valence-corrected chi connectivity index (χ1v) is 7.90. The normalized spacial score (nSPS) is 10.5. The molecule has 0 bridgehead atoms. The van der Waals surface area contributed by atoms with Gasteiger partial charge in [-0.05, 0) is 40.5 Å². The second-order valence-corrected chi connectivity index (χ2v) is 5.73. The molecule has 0 unspecified atom stereocenters. The van der Waals surface area contributed by atoms with Gasteiger partial charge in [-0.1, -0.05) is 66.2 Å². The highest BCUT2D eigenvalue weighted by Gasteiger charge is 2.06. The molecule has 0 saturated heterocycles. The number of benzene rings is 3. The Labute approximate surface area is 141 Å². The molecule has 0 atom stereocenters. The molecule has 0 radical (unpaired) electrons. The van der Waals surface area contributed by atoms with Crippen molar-refractivity contribution in [2.45, 2.75) is 13.2 Å². The van der Waals surface area contributed by atoms with Gasteiger partial charge in [-0.25, -0.2) is 0 Å². The Hall–Kier alpha value is -2.29. The molecule has 3 aromatic rings. The van der Waals surface area contributed by atoms with Crippen LogP contribution in [0, 0.1) is 0 Å². The van der Waals surface area contributed by atoms with Gasteiger partial charge in [0.15, 0.2) is 0 Å².